The van der Waals surface area contributed by atoms with E-state index in [0.29, 0.717) is 28.3 Å². The highest BCUT2D eigenvalue weighted by Crippen LogP contribution is 2.41. The first-order valence-electron chi connectivity index (χ1n) is 10.1. The quantitative estimate of drug-likeness (QED) is 0.507. The monoisotopic (exact) mass is 399 g/mol. The number of rotatable bonds is 6. The molecular weight excluding hydrogens is 378 g/mol. The fourth-order valence-corrected chi connectivity index (χ4v) is 3.69. The molecule has 6 nitrogen and oxygen atoms in total. The molecule has 1 atom stereocenters. The van der Waals surface area contributed by atoms with Crippen molar-refractivity contribution in [2.24, 2.45) is 0 Å². The molecule has 0 spiro atoms. The molecule has 2 aromatic heterocycles. The molecule has 1 aliphatic carbocycles. The fraction of sp³-hybridized carbons (Fsp3) is 0.208. The minimum Gasteiger partial charge on any atom is -0.394 e. The molecule has 1 fully saturated rings. The Morgan fingerprint density at radius 2 is 1.80 bits per heavy atom. The number of nitrogens with one attached hydrogen (secondary N) is 1. The first-order chi connectivity index (χ1) is 14.7. The number of pyridine rings is 1. The minimum absolute atomic E-state index is 0.200. The van der Waals surface area contributed by atoms with E-state index in [0.717, 1.165) is 29.7 Å². The van der Waals surface area contributed by atoms with Crippen LogP contribution in [-0.2, 0) is 0 Å². The van der Waals surface area contributed by atoms with Crippen molar-refractivity contribution in [2.75, 3.05) is 6.61 Å². The molecule has 2 aromatic carbocycles. The second-order valence-corrected chi connectivity index (χ2v) is 7.57. The Morgan fingerprint density at radius 1 is 1.10 bits per heavy atom. The van der Waals surface area contributed by atoms with Crippen LogP contribution in [0.1, 0.15) is 46.4 Å². The normalized spacial score (nSPS) is 14.6. The average Bonchev–Trinajstić information content (AvgIpc) is 3.57. The molecule has 0 bridgehead atoms. The molecule has 6 heteroatoms. The molecule has 1 aliphatic rings. The van der Waals surface area contributed by atoms with Gasteiger partial charge in [0.05, 0.1) is 23.6 Å². The number of hydrogen-bond donors (Lipinski definition) is 2. The topological polar surface area (TPSA) is 88.2 Å². The maximum Gasteiger partial charge on any atom is 0.259 e. The fourth-order valence-electron chi connectivity index (χ4n) is 3.69. The molecular formula is C24H21N3O3. The van der Waals surface area contributed by atoms with Gasteiger partial charge >= 0.3 is 0 Å². The average molecular weight is 399 g/mol. The molecule has 150 valence electrons. The maximum absolute atomic E-state index is 13.4. The zero-order valence-electron chi connectivity index (χ0n) is 16.3. The number of amides is 1. The summed E-state index contributed by atoms with van der Waals surface area (Å²) >= 11 is 0. The lowest BCUT2D eigenvalue weighted by Gasteiger charge is -2.17. The minimum atomic E-state index is -0.508. The summed E-state index contributed by atoms with van der Waals surface area (Å²) in [5.41, 5.74) is 3.97. The van der Waals surface area contributed by atoms with E-state index in [2.05, 4.69) is 15.5 Å². The van der Waals surface area contributed by atoms with Gasteiger partial charge in [0.1, 0.15) is 5.69 Å². The molecule has 2 heterocycles. The van der Waals surface area contributed by atoms with Crippen molar-refractivity contribution in [3.8, 4) is 11.3 Å². The van der Waals surface area contributed by atoms with Gasteiger partial charge in [-0.05, 0) is 24.5 Å². The lowest BCUT2D eigenvalue weighted by Crippen LogP contribution is -2.31. The number of nitrogens with zero attached hydrogens (tertiary/aromatic N) is 2. The summed E-state index contributed by atoms with van der Waals surface area (Å²) in [4.78, 5) is 18.0. The summed E-state index contributed by atoms with van der Waals surface area (Å²) < 4.78 is 5.54. The summed E-state index contributed by atoms with van der Waals surface area (Å²) in [6, 6.07) is 20.4. The van der Waals surface area contributed by atoms with Crippen LogP contribution in [0.5, 0.6) is 0 Å². The molecule has 0 saturated heterocycles. The van der Waals surface area contributed by atoms with Crippen LogP contribution in [0.2, 0.25) is 0 Å². The second-order valence-electron chi connectivity index (χ2n) is 7.57. The third kappa shape index (κ3) is 3.46. The van der Waals surface area contributed by atoms with Crippen molar-refractivity contribution in [3.05, 3.63) is 83.6 Å². The molecule has 0 aliphatic heterocycles. The van der Waals surface area contributed by atoms with Crippen LogP contribution in [0.4, 0.5) is 0 Å². The summed E-state index contributed by atoms with van der Waals surface area (Å²) in [5.74, 6) is 0.0709. The van der Waals surface area contributed by atoms with Gasteiger partial charge in [-0.1, -0.05) is 65.8 Å². The zero-order chi connectivity index (χ0) is 20.5. The summed E-state index contributed by atoms with van der Waals surface area (Å²) in [7, 11) is 0. The highest BCUT2D eigenvalue weighted by molar-refractivity contribution is 6.09. The Hall–Kier alpha value is -3.51. The molecule has 5 rings (SSSR count). The summed E-state index contributed by atoms with van der Waals surface area (Å²) in [6.07, 6.45) is 2.12. The van der Waals surface area contributed by atoms with E-state index >= 15 is 0 Å². The first-order valence-corrected chi connectivity index (χ1v) is 10.1. The lowest BCUT2D eigenvalue weighted by atomic mass is 10.0. The van der Waals surface area contributed by atoms with E-state index < -0.39 is 6.04 Å². The smallest absolute Gasteiger partial charge is 0.259 e. The number of aliphatic hydroxyl groups excluding tert-OH is 1. The number of fused-ring (bicyclic) bond motifs is 1. The summed E-state index contributed by atoms with van der Waals surface area (Å²) in [5, 5.41) is 17.6. The highest BCUT2D eigenvalue weighted by Gasteiger charge is 2.30. The Bertz CT molecular complexity index is 1180. The molecule has 1 amide bonds. The van der Waals surface area contributed by atoms with Crippen molar-refractivity contribution >= 4 is 17.0 Å². The Labute approximate surface area is 173 Å². The number of aliphatic hydroxyl groups is 1. The van der Waals surface area contributed by atoms with Crippen LogP contribution >= 0.6 is 0 Å². The molecule has 30 heavy (non-hydrogen) atoms. The van der Waals surface area contributed by atoms with Gasteiger partial charge in [-0.2, -0.15) is 0 Å². The van der Waals surface area contributed by atoms with E-state index in [1.54, 1.807) is 0 Å². The largest absolute Gasteiger partial charge is 0.394 e. The van der Waals surface area contributed by atoms with E-state index in [9.17, 15) is 9.90 Å². The van der Waals surface area contributed by atoms with Crippen molar-refractivity contribution in [2.45, 2.75) is 24.8 Å². The zero-order valence-corrected chi connectivity index (χ0v) is 16.3. The van der Waals surface area contributed by atoms with Gasteiger partial charge in [0.2, 0.25) is 0 Å². The lowest BCUT2D eigenvalue weighted by molar-refractivity contribution is 0.0917. The highest BCUT2D eigenvalue weighted by atomic mass is 16.5. The molecule has 1 saturated carbocycles. The van der Waals surface area contributed by atoms with Gasteiger partial charge in [0, 0.05) is 17.2 Å². The Balaban J connectivity index is 1.59. The van der Waals surface area contributed by atoms with E-state index in [1.165, 1.54) is 0 Å². The second kappa shape index (κ2) is 7.72. The third-order valence-electron chi connectivity index (χ3n) is 5.44. The first kappa shape index (κ1) is 18.5. The Kier molecular flexibility index (Phi) is 4.77. The van der Waals surface area contributed by atoms with Gasteiger partial charge in [-0.3, -0.25) is 4.79 Å². The van der Waals surface area contributed by atoms with Crippen molar-refractivity contribution in [1.29, 1.82) is 0 Å². The van der Waals surface area contributed by atoms with Crippen LogP contribution in [0.15, 0.2) is 71.3 Å². The van der Waals surface area contributed by atoms with Crippen molar-refractivity contribution < 1.29 is 14.4 Å². The van der Waals surface area contributed by atoms with Gasteiger partial charge in [0.25, 0.3) is 11.6 Å². The van der Waals surface area contributed by atoms with Crippen LogP contribution in [-0.4, -0.2) is 27.8 Å². The molecule has 2 N–H and O–H groups in total. The third-order valence-corrected chi connectivity index (χ3v) is 5.44. The van der Waals surface area contributed by atoms with E-state index in [1.807, 2.05) is 66.7 Å². The maximum atomic E-state index is 13.4. The SMILES string of the molecule is O=C(NC(CO)c1ccccc1)c1cc(C2CC2)nc2onc(-c3ccccc3)c12. The van der Waals surface area contributed by atoms with Gasteiger partial charge in [0.15, 0.2) is 0 Å². The van der Waals surface area contributed by atoms with Crippen LogP contribution in [0.3, 0.4) is 0 Å². The number of carbonyl (C=O) groups excluding carboxylic acids is 1. The van der Waals surface area contributed by atoms with Crippen LogP contribution in [0, 0.1) is 0 Å². The Morgan fingerprint density at radius 3 is 2.47 bits per heavy atom. The predicted molar refractivity (Wildman–Crippen MR) is 113 cm³/mol. The van der Waals surface area contributed by atoms with Crippen LogP contribution in [0.25, 0.3) is 22.4 Å². The number of benzene rings is 2. The van der Waals surface area contributed by atoms with Gasteiger partial charge in [-0.15, -0.1) is 0 Å². The number of hydrogen-bond acceptors (Lipinski definition) is 5. The molecule has 4 aromatic rings. The van der Waals surface area contributed by atoms with Crippen molar-refractivity contribution in [1.82, 2.24) is 15.5 Å². The molecule has 1 unspecified atom stereocenters. The summed E-state index contributed by atoms with van der Waals surface area (Å²) in [6.45, 7) is -0.200. The number of aromatic nitrogens is 2. The molecule has 0 radical (unpaired) electrons. The van der Waals surface area contributed by atoms with E-state index in [4.69, 9.17) is 4.52 Å². The van der Waals surface area contributed by atoms with Gasteiger partial charge in [-0.25, -0.2) is 4.98 Å². The van der Waals surface area contributed by atoms with Crippen LogP contribution < -0.4 is 5.32 Å². The number of carbonyl (C=O) groups is 1. The van der Waals surface area contributed by atoms with E-state index in [-0.39, 0.29) is 12.5 Å². The van der Waals surface area contributed by atoms with Crippen molar-refractivity contribution in [3.63, 3.8) is 0 Å². The standard InChI is InChI=1S/C24H21N3O3/c28-14-20(15-7-3-1-4-8-15)25-23(29)18-13-19(16-11-12-16)26-24-21(18)22(27-30-24)17-9-5-2-6-10-17/h1-10,13,16,20,28H,11-12,14H2,(H,25,29). The van der Waals surface area contributed by atoms with Gasteiger partial charge < -0.3 is 14.9 Å². The predicted octanol–water partition coefficient (Wildman–Crippen LogP) is 4.23.